The van der Waals surface area contributed by atoms with Crippen LogP contribution in [0.1, 0.15) is 32.6 Å². The third-order valence-corrected chi connectivity index (χ3v) is 2.68. The van der Waals surface area contributed by atoms with Crippen LogP contribution < -0.4 is 16.6 Å². The number of nitrogens with one attached hydrogen (secondary N) is 2. The lowest BCUT2D eigenvalue weighted by molar-refractivity contribution is 0.197. The van der Waals surface area contributed by atoms with Crippen LogP contribution in [0.5, 0.6) is 0 Å². The Morgan fingerprint density at radius 2 is 2.31 bits per heavy atom. The Bertz CT molecular complexity index is 216. The minimum Gasteiger partial charge on any atom is -0.385 e. The number of guanidine groups is 1. The number of ether oxygens (including phenoxy) is 1. The summed E-state index contributed by atoms with van der Waals surface area (Å²) in [5.41, 5.74) is 2.60. The molecule has 0 saturated heterocycles. The predicted octanol–water partition coefficient (Wildman–Crippen LogP) is 0.620. The Hall–Kier alpha value is -0.810. The van der Waals surface area contributed by atoms with Gasteiger partial charge in [0.2, 0.25) is 5.96 Å². The fourth-order valence-electron chi connectivity index (χ4n) is 1.68. The van der Waals surface area contributed by atoms with E-state index in [2.05, 4.69) is 22.7 Å². The van der Waals surface area contributed by atoms with Crippen LogP contribution >= 0.6 is 0 Å². The zero-order valence-corrected chi connectivity index (χ0v) is 10.3. The van der Waals surface area contributed by atoms with Crippen LogP contribution in [0.3, 0.4) is 0 Å². The average Bonchev–Trinajstić information content (AvgIpc) is 3.06. The van der Waals surface area contributed by atoms with Crippen molar-refractivity contribution < 1.29 is 4.74 Å². The molecule has 1 unspecified atom stereocenters. The maximum absolute atomic E-state index is 5.41. The molecule has 1 aliphatic carbocycles. The number of hydrogen-bond acceptors (Lipinski definition) is 3. The van der Waals surface area contributed by atoms with E-state index in [4.69, 9.17) is 10.6 Å². The van der Waals surface area contributed by atoms with Gasteiger partial charge in [0.1, 0.15) is 0 Å². The van der Waals surface area contributed by atoms with E-state index in [0.29, 0.717) is 12.0 Å². The molecule has 4 N–H and O–H groups in total. The molecule has 0 aliphatic heterocycles. The van der Waals surface area contributed by atoms with Crippen molar-refractivity contribution in [3.63, 3.8) is 0 Å². The summed E-state index contributed by atoms with van der Waals surface area (Å²) in [5.74, 6) is 7.00. The molecule has 5 heteroatoms. The van der Waals surface area contributed by atoms with E-state index in [1.807, 2.05) is 0 Å². The lowest BCUT2D eigenvalue weighted by Gasteiger charge is -2.16. The molecule has 0 aromatic carbocycles. The zero-order chi connectivity index (χ0) is 11.8. The standard InChI is InChI=1S/C11H24N4O/c1-9(8-10-4-5-10)14-11(15-12)13-6-3-7-16-2/h9-10H,3-8,12H2,1-2H3,(H2,13,14,15). The second-order valence-electron chi connectivity index (χ2n) is 4.45. The summed E-state index contributed by atoms with van der Waals surface area (Å²) in [7, 11) is 1.70. The Morgan fingerprint density at radius 3 is 2.88 bits per heavy atom. The normalized spacial score (nSPS) is 18.3. The molecule has 1 saturated carbocycles. The summed E-state index contributed by atoms with van der Waals surface area (Å²) >= 11 is 0. The third-order valence-electron chi connectivity index (χ3n) is 2.68. The summed E-state index contributed by atoms with van der Waals surface area (Å²) < 4.78 is 4.96. The quantitative estimate of drug-likeness (QED) is 0.196. The first-order chi connectivity index (χ1) is 7.76. The monoisotopic (exact) mass is 228 g/mol. The third kappa shape index (κ3) is 5.92. The van der Waals surface area contributed by atoms with Crippen LogP contribution in [0.4, 0.5) is 0 Å². The topological polar surface area (TPSA) is 71.7 Å². The van der Waals surface area contributed by atoms with Crippen molar-refractivity contribution in [3.05, 3.63) is 0 Å². The zero-order valence-electron chi connectivity index (χ0n) is 10.3. The molecule has 1 fully saturated rings. The van der Waals surface area contributed by atoms with Gasteiger partial charge in [0, 0.05) is 26.3 Å². The van der Waals surface area contributed by atoms with Crippen molar-refractivity contribution in [2.24, 2.45) is 16.8 Å². The molecule has 0 aromatic rings. The van der Waals surface area contributed by atoms with Gasteiger partial charge >= 0.3 is 0 Å². The van der Waals surface area contributed by atoms with Gasteiger partial charge in [-0.2, -0.15) is 0 Å². The molecule has 0 heterocycles. The van der Waals surface area contributed by atoms with Crippen LogP contribution in [-0.2, 0) is 4.74 Å². The molecular formula is C11H24N4O. The molecule has 0 radical (unpaired) electrons. The largest absolute Gasteiger partial charge is 0.385 e. The number of nitrogens with two attached hydrogens (primary N) is 1. The Morgan fingerprint density at radius 1 is 1.56 bits per heavy atom. The Labute approximate surface area is 97.8 Å². The van der Waals surface area contributed by atoms with E-state index in [1.165, 1.54) is 19.3 Å². The molecule has 1 rings (SSSR count). The molecular weight excluding hydrogens is 204 g/mol. The minimum absolute atomic E-state index is 0.435. The van der Waals surface area contributed by atoms with Crippen molar-refractivity contribution >= 4 is 5.96 Å². The van der Waals surface area contributed by atoms with Gasteiger partial charge in [-0.05, 0) is 25.7 Å². The second kappa shape index (κ2) is 7.46. The molecule has 1 aliphatic rings. The number of hydrazine groups is 1. The van der Waals surface area contributed by atoms with Crippen molar-refractivity contribution in [1.82, 2.24) is 10.7 Å². The van der Waals surface area contributed by atoms with Crippen LogP contribution in [0.2, 0.25) is 0 Å². The van der Waals surface area contributed by atoms with Gasteiger partial charge in [-0.3, -0.25) is 10.4 Å². The number of aliphatic imine (C=N–C) groups is 1. The molecule has 5 nitrogen and oxygen atoms in total. The summed E-state index contributed by atoms with van der Waals surface area (Å²) in [4.78, 5) is 4.34. The van der Waals surface area contributed by atoms with E-state index in [-0.39, 0.29) is 0 Å². The second-order valence-corrected chi connectivity index (χ2v) is 4.45. The van der Waals surface area contributed by atoms with Gasteiger partial charge in [-0.1, -0.05) is 12.8 Å². The lowest BCUT2D eigenvalue weighted by atomic mass is 10.2. The Balaban J connectivity index is 2.17. The van der Waals surface area contributed by atoms with Gasteiger partial charge in [-0.25, -0.2) is 5.84 Å². The van der Waals surface area contributed by atoms with Crippen molar-refractivity contribution in [2.45, 2.75) is 38.6 Å². The molecule has 0 amide bonds. The maximum Gasteiger partial charge on any atom is 0.205 e. The van der Waals surface area contributed by atoms with Gasteiger partial charge in [0.05, 0.1) is 0 Å². The van der Waals surface area contributed by atoms with Crippen LogP contribution in [0, 0.1) is 5.92 Å². The first-order valence-corrected chi connectivity index (χ1v) is 6.02. The van der Waals surface area contributed by atoms with Gasteiger partial charge in [0.25, 0.3) is 0 Å². The summed E-state index contributed by atoms with van der Waals surface area (Å²) in [6.07, 6.45) is 4.88. The van der Waals surface area contributed by atoms with E-state index in [9.17, 15) is 0 Å². The smallest absolute Gasteiger partial charge is 0.205 e. The highest BCUT2D eigenvalue weighted by atomic mass is 16.5. The highest BCUT2D eigenvalue weighted by Crippen LogP contribution is 2.33. The summed E-state index contributed by atoms with van der Waals surface area (Å²) in [6, 6.07) is 0.435. The highest BCUT2D eigenvalue weighted by Gasteiger charge is 2.23. The van der Waals surface area contributed by atoms with Gasteiger partial charge in [-0.15, -0.1) is 0 Å². The molecule has 16 heavy (non-hydrogen) atoms. The molecule has 1 atom stereocenters. The number of nitrogens with zero attached hydrogens (tertiary/aromatic N) is 1. The molecule has 0 spiro atoms. The van der Waals surface area contributed by atoms with E-state index >= 15 is 0 Å². The first-order valence-electron chi connectivity index (χ1n) is 6.02. The summed E-state index contributed by atoms with van der Waals surface area (Å²) in [6.45, 7) is 3.63. The Kier molecular flexibility index (Phi) is 6.18. The van der Waals surface area contributed by atoms with Crippen LogP contribution in [-0.4, -0.2) is 32.3 Å². The van der Waals surface area contributed by atoms with Crippen LogP contribution in [0.15, 0.2) is 4.99 Å². The average molecular weight is 228 g/mol. The minimum atomic E-state index is 0.435. The van der Waals surface area contributed by atoms with Gasteiger partial charge in [0.15, 0.2) is 0 Å². The molecule has 0 bridgehead atoms. The number of methoxy groups -OCH3 is 1. The maximum atomic E-state index is 5.41. The molecule has 0 aromatic heterocycles. The van der Waals surface area contributed by atoms with E-state index < -0.39 is 0 Å². The number of rotatable bonds is 7. The van der Waals surface area contributed by atoms with Crippen molar-refractivity contribution in [1.29, 1.82) is 0 Å². The van der Waals surface area contributed by atoms with Crippen molar-refractivity contribution in [3.8, 4) is 0 Å². The van der Waals surface area contributed by atoms with E-state index in [0.717, 1.165) is 25.5 Å². The SMILES string of the molecule is COCCCN=C(NN)NC(C)CC1CC1. The van der Waals surface area contributed by atoms with Gasteiger partial charge < -0.3 is 10.1 Å². The van der Waals surface area contributed by atoms with Crippen LogP contribution in [0.25, 0.3) is 0 Å². The predicted molar refractivity (Wildman–Crippen MR) is 66.1 cm³/mol. The van der Waals surface area contributed by atoms with Crippen molar-refractivity contribution in [2.75, 3.05) is 20.3 Å². The molecule has 94 valence electrons. The highest BCUT2D eigenvalue weighted by molar-refractivity contribution is 5.79. The fourth-order valence-corrected chi connectivity index (χ4v) is 1.68. The first kappa shape index (κ1) is 13.3. The summed E-state index contributed by atoms with van der Waals surface area (Å²) in [5, 5.41) is 3.29. The number of hydrogen-bond donors (Lipinski definition) is 3. The lowest BCUT2D eigenvalue weighted by Crippen LogP contribution is -2.45. The fraction of sp³-hybridized carbons (Fsp3) is 0.909. The van der Waals surface area contributed by atoms with E-state index in [1.54, 1.807) is 7.11 Å².